The molecule has 2 aliphatic rings. The maximum atomic E-state index is 13.5. The molecule has 0 saturated carbocycles. The van der Waals surface area contributed by atoms with E-state index in [1.165, 1.54) is 21.4 Å². The van der Waals surface area contributed by atoms with Crippen LogP contribution in [0.25, 0.3) is 10.8 Å². The number of rotatable bonds is 3. The third-order valence-corrected chi connectivity index (χ3v) is 6.61. The summed E-state index contributed by atoms with van der Waals surface area (Å²) >= 11 is 0. The Hall–Kier alpha value is -3.60. The second-order valence-corrected chi connectivity index (χ2v) is 8.36. The summed E-state index contributed by atoms with van der Waals surface area (Å²) in [7, 11) is 1.69. The van der Waals surface area contributed by atoms with Crippen LogP contribution in [0, 0.1) is 6.92 Å². The smallest absolute Gasteiger partial charge is 0.322 e. The van der Waals surface area contributed by atoms with Crippen LogP contribution in [-0.2, 0) is 17.6 Å². The zero-order valence-corrected chi connectivity index (χ0v) is 18.0. The van der Waals surface area contributed by atoms with Crippen molar-refractivity contribution >= 4 is 28.4 Å². The fourth-order valence-electron chi connectivity index (χ4n) is 4.79. The van der Waals surface area contributed by atoms with Crippen molar-refractivity contribution in [2.24, 2.45) is 0 Å². The van der Waals surface area contributed by atoms with Crippen molar-refractivity contribution in [2.45, 2.75) is 32.7 Å². The number of aryl methyl sites for hydroxylation is 3. The molecule has 1 atom stereocenters. The fourth-order valence-corrected chi connectivity index (χ4v) is 4.79. The number of anilines is 1. The van der Waals surface area contributed by atoms with Gasteiger partial charge in [0.15, 0.2) is 0 Å². The molecule has 3 aromatic carbocycles. The zero-order valence-electron chi connectivity index (χ0n) is 18.0. The number of benzene rings is 3. The highest BCUT2D eigenvalue weighted by Gasteiger charge is 2.35. The quantitative estimate of drug-likeness (QED) is 0.647. The van der Waals surface area contributed by atoms with E-state index in [-0.39, 0.29) is 11.9 Å². The Kier molecular flexibility index (Phi) is 4.54. The average Bonchev–Trinajstić information content (AvgIpc) is 3.18. The van der Waals surface area contributed by atoms with Gasteiger partial charge in [-0.25, -0.2) is 4.79 Å². The Bertz CT molecular complexity index is 1260. The number of carbonyl (C=O) groups excluding carboxylic acids is 2. The van der Waals surface area contributed by atoms with Crippen molar-refractivity contribution < 1.29 is 9.59 Å². The number of nitrogens with one attached hydrogen (secondary N) is 2. The van der Waals surface area contributed by atoms with Gasteiger partial charge >= 0.3 is 6.03 Å². The van der Waals surface area contributed by atoms with Crippen molar-refractivity contribution in [1.82, 2.24) is 10.2 Å². The van der Waals surface area contributed by atoms with Crippen LogP contribution in [0.1, 0.15) is 35.2 Å². The molecule has 5 nitrogen and oxygen atoms in total. The van der Waals surface area contributed by atoms with Crippen molar-refractivity contribution in [3.05, 3.63) is 88.1 Å². The summed E-state index contributed by atoms with van der Waals surface area (Å²) in [6.07, 6.45) is 2.07. The first-order valence-electron chi connectivity index (χ1n) is 10.6. The van der Waals surface area contributed by atoms with E-state index in [4.69, 9.17) is 0 Å². The Morgan fingerprint density at radius 1 is 1.00 bits per heavy atom. The van der Waals surface area contributed by atoms with Crippen LogP contribution in [0.3, 0.4) is 0 Å². The van der Waals surface area contributed by atoms with Crippen molar-refractivity contribution in [3.8, 4) is 0 Å². The van der Waals surface area contributed by atoms with Gasteiger partial charge in [0, 0.05) is 18.4 Å². The van der Waals surface area contributed by atoms with Crippen LogP contribution < -0.4 is 10.6 Å². The Morgan fingerprint density at radius 2 is 1.74 bits per heavy atom. The van der Waals surface area contributed by atoms with Crippen LogP contribution in [0.4, 0.5) is 10.5 Å². The number of urea groups is 1. The molecule has 156 valence electrons. The largest absolute Gasteiger partial charge is 0.326 e. The molecule has 3 amide bonds. The van der Waals surface area contributed by atoms with Gasteiger partial charge in [0.1, 0.15) is 0 Å². The molecule has 1 aliphatic heterocycles. The summed E-state index contributed by atoms with van der Waals surface area (Å²) in [4.78, 5) is 27.7. The van der Waals surface area contributed by atoms with E-state index < -0.39 is 6.04 Å². The molecule has 2 N–H and O–H groups in total. The summed E-state index contributed by atoms with van der Waals surface area (Å²) in [5.74, 6) is -0.202. The molecule has 0 spiro atoms. The predicted molar refractivity (Wildman–Crippen MR) is 123 cm³/mol. The van der Waals surface area contributed by atoms with Gasteiger partial charge in [-0.2, -0.15) is 0 Å². The lowest BCUT2D eigenvalue weighted by Gasteiger charge is -2.34. The maximum absolute atomic E-state index is 13.5. The number of para-hydroxylation sites is 1. The first-order chi connectivity index (χ1) is 15.0. The summed E-state index contributed by atoms with van der Waals surface area (Å²) in [6.45, 7) is 3.80. The van der Waals surface area contributed by atoms with Crippen LogP contribution in [0.5, 0.6) is 0 Å². The number of carbonyl (C=O) groups is 2. The third kappa shape index (κ3) is 3.08. The van der Waals surface area contributed by atoms with Gasteiger partial charge in [0.2, 0.25) is 0 Å². The third-order valence-electron chi connectivity index (χ3n) is 6.61. The lowest BCUT2D eigenvalue weighted by atomic mass is 9.89. The van der Waals surface area contributed by atoms with Gasteiger partial charge in [-0.05, 0) is 65.8 Å². The summed E-state index contributed by atoms with van der Waals surface area (Å²) in [5.41, 5.74) is 6.60. The van der Waals surface area contributed by atoms with Crippen molar-refractivity contribution in [2.75, 3.05) is 12.4 Å². The van der Waals surface area contributed by atoms with Gasteiger partial charge < -0.3 is 15.5 Å². The Labute approximate surface area is 181 Å². The molecule has 0 saturated heterocycles. The Morgan fingerprint density at radius 3 is 2.52 bits per heavy atom. The molecule has 5 heteroatoms. The van der Waals surface area contributed by atoms with Gasteiger partial charge in [-0.1, -0.05) is 48.5 Å². The lowest BCUT2D eigenvalue weighted by molar-refractivity contribution is -0.113. The number of amides is 3. The van der Waals surface area contributed by atoms with E-state index in [1.54, 1.807) is 7.05 Å². The number of nitrogens with zero attached hydrogens (tertiary/aromatic N) is 1. The van der Waals surface area contributed by atoms with Gasteiger partial charge in [-0.15, -0.1) is 0 Å². The first kappa shape index (κ1) is 19.4. The monoisotopic (exact) mass is 411 g/mol. The first-order valence-corrected chi connectivity index (χ1v) is 10.6. The number of allylic oxidation sites excluding steroid dienone is 1. The Balaban J connectivity index is 1.64. The molecule has 0 bridgehead atoms. The molecule has 0 radical (unpaired) electrons. The normalized spacial score (nSPS) is 17.8. The highest BCUT2D eigenvalue weighted by Crippen LogP contribution is 2.39. The number of hydrogen-bond acceptors (Lipinski definition) is 2. The highest BCUT2D eigenvalue weighted by atomic mass is 16.2. The molecule has 0 aromatic heterocycles. The maximum Gasteiger partial charge on any atom is 0.322 e. The van der Waals surface area contributed by atoms with Crippen LogP contribution in [0.2, 0.25) is 0 Å². The highest BCUT2D eigenvalue weighted by molar-refractivity contribution is 6.08. The molecule has 1 heterocycles. The molecular weight excluding hydrogens is 386 g/mol. The molecule has 1 unspecified atom stereocenters. The van der Waals surface area contributed by atoms with E-state index in [0.29, 0.717) is 11.3 Å². The number of hydrogen-bond donors (Lipinski definition) is 2. The van der Waals surface area contributed by atoms with E-state index in [0.717, 1.165) is 35.0 Å². The topological polar surface area (TPSA) is 61.4 Å². The molecule has 0 fully saturated rings. The second-order valence-electron chi connectivity index (χ2n) is 8.36. The minimum Gasteiger partial charge on any atom is -0.326 e. The minimum atomic E-state index is -0.516. The molecule has 1 aliphatic carbocycles. The SMILES string of the molecule is CC1=C(C(=O)Nc2ccccc2C)C(c2ccc3c4c(cccc24)CC3)NC(=O)N1C. The summed E-state index contributed by atoms with van der Waals surface area (Å²) in [6, 6.07) is 17.5. The van der Waals surface area contributed by atoms with E-state index in [2.05, 4.69) is 41.0 Å². The molecule has 31 heavy (non-hydrogen) atoms. The van der Waals surface area contributed by atoms with Gasteiger partial charge in [0.05, 0.1) is 11.6 Å². The van der Waals surface area contributed by atoms with E-state index in [9.17, 15) is 9.59 Å². The lowest BCUT2D eigenvalue weighted by Crippen LogP contribution is -2.46. The second kappa shape index (κ2) is 7.27. The standard InChI is InChI=1S/C26H25N3O2/c1-15-7-4-5-10-21(15)27-25(30)22-16(2)29(3)26(31)28-24(22)20-14-13-18-12-11-17-8-6-9-19(20)23(17)18/h4-10,13-14,24H,11-12H2,1-3H3,(H,27,30)(H,28,31). The fraction of sp³-hybridized carbons (Fsp3) is 0.231. The predicted octanol–water partition coefficient (Wildman–Crippen LogP) is 4.86. The van der Waals surface area contributed by atoms with E-state index >= 15 is 0 Å². The molecular formula is C26H25N3O2. The van der Waals surface area contributed by atoms with Crippen LogP contribution in [0.15, 0.2) is 65.9 Å². The summed E-state index contributed by atoms with van der Waals surface area (Å²) in [5, 5.41) is 8.49. The van der Waals surface area contributed by atoms with Crippen molar-refractivity contribution in [3.63, 3.8) is 0 Å². The van der Waals surface area contributed by atoms with Gasteiger partial charge in [-0.3, -0.25) is 4.79 Å². The average molecular weight is 412 g/mol. The van der Waals surface area contributed by atoms with Crippen LogP contribution >= 0.6 is 0 Å². The van der Waals surface area contributed by atoms with Crippen molar-refractivity contribution in [1.29, 1.82) is 0 Å². The minimum absolute atomic E-state index is 0.202. The van der Waals surface area contributed by atoms with Gasteiger partial charge in [0.25, 0.3) is 5.91 Å². The van der Waals surface area contributed by atoms with Crippen LogP contribution in [-0.4, -0.2) is 23.9 Å². The molecule has 3 aromatic rings. The van der Waals surface area contributed by atoms with E-state index in [1.807, 2.05) is 38.1 Å². The molecule has 5 rings (SSSR count). The zero-order chi connectivity index (χ0) is 21.7. The summed E-state index contributed by atoms with van der Waals surface area (Å²) < 4.78 is 0.